The summed E-state index contributed by atoms with van der Waals surface area (Å²) in [6, 6.07) is 8.39. The molecular formula is C24H36ClFN4O4. The van der Waals surface area contributed by atoms with E-state index in [4.69, 9.17) is 10.5 Å². The van der Waals surface area contributed by atoms with Gasteiger partial charge in [-0.25, -0.2) is 9.18 Å². The van der Waals surface area contributed by atoms with Gasteiger partial charge in [-0.2, -0.15) is 0 Å². The summed E-state index contributed by atoms with van der Waals surface area (Å²) >= 11 is 0. The van der Waals surface area contributed by atoms with Crippen LogP contribution in [0, 0.1) is 11.8 Å². The van der Waals surface area contributed by atoms with Gasteiger partial charge in [-0.3, -0.25) is 9.59 Å². The summed E-state index contributed by atoms with van der Waals surface area (Å²) in [6.45, 7) is 0.574. The number of nitrogens with two attached hydrogens (primary N) is 1. The maximum Gasteiger partial charge on any atom is 0.407 e. The first-order valence-corrected chi connectivity index (χ1v) is 11.6. The van der Waals surface area contributed by atoms with Crippen LogP contribution in [0.5, 0.6) is 0 Å². The van der Waals surface area contributed by atoms with Gasteiger partial charge >= 0.3 is 6.09 Å². The first kappa shape index (κ1) is 27.9. The van der Waals surface area contributed by atoms with Gasteiger partial charge in [0.1, 0.15) is 12.8 Å². The second kappa shape index (κ2) is 12.9. The molecule has 34 heavy (non-hydrogen) atoms. The molecule has 0 bridgehead atoms. The number of amides is 3. The fraction of sp³-hybridized carbons (Fsp3) is 0.625. The second-order valence-electron chi connectivity index (χ2n) is 9.27. The van der Waals surface area contributed by atoms with Crippen molar-refractivity contribution in [3.8, 4) is 0 Å². The predicted octanol–water partition coefficient (Wildman–Crippen LogP) is 2.50. The van der Waals surface area contributed by atoms with Crippen LogP contribution in [0.1, 0.15) is 37.7 Å². The molecule has 0 aromatic heterocycles. The smallest absolute Gasteiger partial charge is 0.407 e. The molecule has 1 aliphatic heterocycles. The third-order valence-corrected chi connectivity index (χ3v) is 6.65. The molecule has 3 amide bonds. The van der Waals surface area contributed by atoms with Gasteiger partial charge in [0, 0.05) is 26.7 Å². The van der Waals surface area contributed by atoms with Gasteiger partial charge in [-0.1, -0.05) is 30.3 Å². The van der Waals surface area contributed by atoms with Crippen molar-refractivity contribution in [3.05, 3.63) is 35.9 Å². The molecule has 1 aromatic carbocycles. The number of hydrogen-bond acceptors (Lipinski definition) is 5. The van der Waals surface area contributed by atoms with E-state index in [1.807, 2.05) is 30.3 Å². The Bertz CT molecular complexity index is 820. The van der Waals surface area contributed by atoms with Crippen LogP contribution in [-0.2, 0) is 20.9 Å². The summed E-state index contributed by atoms with van der Waals surface area (Å²) in [5.41, 5.74) is 7.23. The summed E-state index contributed by atoms with van der Waals surface area (Å²) in [6.07, 6.45) is 1.44. The van der Waals surface area contributed by atoms with Crippen LogP contribution in [0.3, 0.4) is 0 Å². The summed E-state index contributed by atoms with van der Waals surface area (Å²) in [7, 11) is 3.30. The highest BCUT2D eigenvalue weighted by molar-refractivity contribution is 5.90. The topological polar surface area (TPSA) is 105 Å². The van der Waals surface area contributed by atoms with Crippen LogP contribution in [0.2, 0.25) is 0 Å². The number of alkyl halides is 1. The van der Waals surface area contributed by atoms with Crippen LogP contribution in [0.15, 0.2) is 30.3 Å². The lowest BCUT2D eigenvalue weighted by atomic mass is 9.74. The highest BCUT2D eigenvalue weighted by atomic mass is 35.5. The van der Waals surface area contributed by atoms with Gasteiger partial charge in [0.2, 0.25) is 11.8 Å². The van der Waals surface area contributed by atoms with E-state index in [1.165, 1.54) is 9.80 Å². The van der Waals surface area contributed by atoms with Gasteiger partial charge < -0.3 is 25.6 Å². The van der Waals surface area contributed by atoms with Crippen LogP contribution in [-0.4, -0.2) is 73.1 Å². The molecule has 1 aliphatic carbocycles. The normalized spacial score (nSPS) is 23.9. The van der Waals surface area contributed by atoms with E-state index in [1.54, 1.807) is 14.1 Å². The molecule has 1 heterocycles. The number of alkyl carbamates (subject to hydrolysis) is 1. The van der Waals surface area contributed by atoms with Crippen molar-refractivity contribution < 1.29 is 23.5 Å². The van der Waals surface area contributed by atoms with Gasteiger partial charge in [0.05, 0.1) is 18.5 Å². The van der Waals surface area contributed by atoms with Crippen molar-refractivity contribution in [2.45, 2.75) is 57.0 Å². The lowest BCUT2D eigenvalue weighted by molar-refractivity contribution is -0.143. The Morgan fingerprint density at radius 1 is 1.15 bits per heavy atom. The second-order valence-corrected chi connectivity index (χ2v) is 9.27. The Balaban J connectivity index is 0.00000408. The zero-order chi connectivity index (χ0) is 24.0. The number of nitrogens with zero attached hydrogens (tertiary/aromatic N) is 2. The Labute approximate surface area is 206 Å². The molecule has 0 unspecified atom stereocenters. The zero-order valence-corrected chi connectivity index (χ0v) is 20.6. The van der Waals surface area contributed by atoms with E-state index >= 15 is 0 Å². The number of carbonyl (C=O) groups excluding carboxylic acids is 3. The number of likely N-dealkylation sites (tertiary alicyclic amines) is 1. The third-order valence-electron chi connectivity index (χ3n) is 6.65. The molecule has 1 saturated carbocycles. The highest BCUT2D eigenvalue weighted by Crippen LogP contribution is 2.33. The molecule has 3 N–H and O–H groups in total. The molecule has 1 aromatic rings. The van der Waals surface area contributed by atoms with Crippen LogP contribution in [0.4, 0.5) is 9.18 Å². The molecule has 1 saturated heterocycles. The molecule has 0 spiro atoms. The number of ether oxygens (including phenoxy) is 1. The van der Waals surface area contributed by atoms with E-state index in [0.29, 0.717) is 38.6 Å². The molecule has 10 heteroatoms. The van der Waals surface area contributed by atoms with Crippen LogP contribution >= 0.6 is 12.4 Å². The lowest BCUT2D eigenvalue weighted by Crippen LogP contribution is -2.54. The average Bonchev–Trinajstić information content (AvgIpc) is 3.25. The summed E-state index contributed by atoms with van der Waals surface area (Å²) < 4.78 is 18.9. The molecule has 2 fully saturated rings. The van der Waals surface area contributed by atoms with Crippen molar-refractivity contribution >= 4 is 30.3 Å². The third kappa shape index (κ3) is 7.30. The Hall–Kier alpha value is -2.39. The Morgan fingerprint density at radius 3 is 2.35 bits per heavy atom. The molecule has 8 nitrogen and oxygen atoms in total. The average molecular weight is 499 g/mol. The molecule has 3 atom stereocenters. The quantitative estimate of drug-likeness (QED) is 0.601. The zero-order valence-electron chi connectivity index (χ0n) is 19.8. The minimum absolute atomic E-state index is 0. The first-order chi connectivity index (χ1) is 15.8. The van der Waals surface area contributed by atoms with E-state index < -0.39 is 24.2 Å². The van der Waals surface area contributed by atoms with Crippen molar-refractivity contribution in [2.24, 2.45) is 17.6 Å². The van der Waals surface area contributed by atoms with E-state index in [9.17, 15) is 18.8 Å². The fourth-order valence-corrected chi connectivity index (χ4v) is 4.78. The molecule has 0 radical (unpaired) electrons. The number of halogens is 2. The number of benzene rings is 1. The maximum atomic E-state index is 13.6. The van der Waals surface area contributed by atoms with Crippen molar-refractivity contribution in [2.75, 3.05) is 27.2 Å². The van der Waals surface area contributed by atoms with Crippen molar-refractivity contribution in [3.63, 3.8) is 0 Å². The van der Waals surface area contributed by atoms with Crippen molar-refractivity contribution in [1.29, 1.82) is 0 Å². The standard InChI is InChI=1S/C24H35FN4O4.ClH/c1-28(2)22(30)20(21(26)23(31)29-13-12-18(25)14-29)17-8-10-19(11-9-17)27-24(32)33-15-16-6-4-3-5-7-16;/h3-7,17-21H,8-15,26H2,1-2H3,(H,27,32);1H/t17?,18-,19?,20-,21-;/m0./s1. The summed E-state index contributed by atoms with van der Waals surface area (Å²) in [5, 5.41) is 2.90. The van der Waals surface area contributed by atoms with Crippen LogP contribution < -0.4 is 11.1 Å². The van der Waals surface area contributed by atoms with Gasteiger partial charge in [-0.15, -0.1) is 12.4 Å². The maximum absolute atomic E-state index is 13.6. The minimum atomic E-state index is -1.03. The number of nitrogens with one attached hydrogen (secondary N) is 1. The van der Waals surface area contributed by atoms with E-state index in [2.05, 4.69) is 5.32 Å². The number of hydrogen-bond donors (Lipinski definition) is 2. The van der Waals surface area contributed by atoms with Gasteiger partial charge in [0.15, 0.2) is 0 Å². The highest BCUT2D eigenvalue weighted by Gasteiger charge is 2.42. The predicted molar refractivity (Wildman–Crippen MR) is 129 cm³/mol. The summed E-state index contributed by atoms with van der Waals surface area (Å²) in [4.78, 5) is 40.9. The van der Waals surface area contributed by atoms with Crippen molar-refractivity contribution in [1.82, 2.24) is 15.1 Å². The van der Waals surface area contributed by atoms with Crippen LogP contribution in [0.25, 0.3) is 0 Å². The monoisotopic (exact) mass is 498 g/mol. The SMILES string of the molecule is CN(C)C(=O)[C@@H](C1CCC(NC(=O)OCc2ccccc2)CC1)[C@H](N)C(=O)N1CC[C@H](F)C1.Cl. The molecular weight excluding hydrogens is 463 g/mol. The minimum Gasteiger partial charge on any atom is -0.445 e. The van der Waals surface area contributed by atoms with Gasteiger partial charge in [0.25, 0.3) is 0 Å². The largest absolute Gasteiger partial charge is 0.445 e. The Kier molecular flexibility index (Phi) is 10.6. The van der Waals surface area contributed by atoms with E-state index in [-0.39, 0.29) is 49.3 Å². The molecule has 3 rings (SSSR count). The number of carbonyl (C=O) groups is 3. The first-order valence-electron chi connectivity index (χ1n) is 11.6. The lowest BCUT2D eigenvalue weighted by Gasteiger charge is -2.37. The summed E-state index contributed by atoms with van der Waals surface area (Å²) in [5.74, 6) is -1.30. The molecule has 190 valence electrons. The van der Waals surface area contributed by atoms with E-state index in [0.717, 1.165) is 5.56 Å². The number of rotatable bonds is 7. The Morgan fingerprint density at radius 2 is 1.79 bits per heavy atom. The van der Waals surface area contributed by atoms with Gasteiger partial charge in [-0.05, 0) is 43.6 Å². The fourth-order valence-electron chi connectivity index (χ4n) is 4.78. The molecule has 2 aliphatic rings.